The van der Waals surface area contributed by atoms with Crippen LogP contribution in [0.5, 0.6) is 11.5 Å². The molecule has 0 aromatic heterocycles. The quantitative estimate of drug-likeness (QED) is 0.278. The number of nitrogens with one attached hydrogen (secondary N) is 1. The number of benzene rings is 3. The Kier molecular flexibility index (Phi) is 8.38. The molecular formula is C30H30F3IN3O7S+. The highest BCUT2D eigenvalue weighted by atomic mass is 127. The van der Waals surface area contributed by atoms with Gasteiger partial charge in [0.1, 0.15) is 23.3 Å². The molecule has 240 valence electrons. The summed E-state index contributed by atoms with van der Waals surface area (Å²) >= 11 is 2.02. The van der Waals surface area contributed by atoms with Gasteiger partial charge in [-0.3, -0.25) is 14.1 Å². The number of alkyl halides is 3. The lowest BCUT2D eigenvalue weighted by Crippen LogP contribution is -2.69. The van der Waals surface area contributed by atoms with Crippen molar-refractivity contribution in [2.24, 2.45) is 0 Å². The van der Waals surface area contributed by atoms with Gasteiger partial charge in [0.05, 0.1) is 25.4 Å². The van der Waals surface area contributed by atoms with Crippen molar-refractivity contribution in [1.82, 2.24) is 5.32 Å². The number of hydrogen-bond acceptors (Lipinski definition) is 7. The average Bonchev–Trinajstić information content (AvgIpc) is 3.42. The fourth-order valence-corrected chi connectivity index (χ4v) is 8.81. The molecule has 4 atom stereocenters. The van der Waals surface area contributed by atoms with Crippen molar-refractivity contribution in [3.05, 3.63) is 80.9 Å². The van der Waals surface area contributed by atoms with Crippen LogP contribution in [0, 0.1) is 10.5 Å². The van der Waals surface area contributed by atoms with Crippen molar-refractivity contribution < 1.29 is 50.2 Å². The Morgan fingerprint density at radius 1 is 1.13 bits per heavy atom. The first-order valence-electron chi connectivity index (χ1n) is 13.7. The first-order chi connectivity index (χ1) is 21.0. The lowest BCUT2D eigenvalue weighted by molar-refractivity contribution is -0.953. The summed E-state index contributed by atoms with van der Waals surface area (Å²) in [7, 11) is -0.887. The van der Waals surface area contributed by atoms with Gasteiger partial charge in [0.25, 0.3) is 15.9 Å². The molecule has 0 spiro atoms. The number of quaternary nitrogens is 1. The van der Waals surface area contributed by atoms with E-state index in [9.17, 15) is 31.5 Å². The zero-order valence-electron chi connectivity index (χ0n) is 24.6. The molecule has 5 rings (SSSR count). The largest absolute Gasteiger partial charge is 0.573 e. The molecule has 15 heteroatoms. The Labute approximate surface area is 271 Å². The van der Waals surface area contributed by atoms with Crippen LogP contribution >= 0.6 is 22.6 Å². The van der Waals surface area contributed by atoms with Crippen molar-refractivity contribution in [2.75, 3.05) is 32.1 Å². The van der Waals surface area contributed by atoms with Gasteiger partial charge in [0.15, 0.2) is 11.8 Å². The van der Waals surface area contributed by atoms with E-state index in [4.69, 9.17) is 4.74 Å². The van der Waals surface area contributed by atoms with E-state index < -0.39 is 61.0 Å². The maximum absolute atomic E-state index is 15.3. The summed E-state index contributed by atoms with van der Waals surface area (Å²) in [5.41, 5.74) is -0.843. The molecule has 0 aliphatic carbocycles. The monoisotopic (exact) mass is 760 g/mol. The van der Waals surface area contributed by atoms with E-state index in [1.54, 1.807) is 50.4 Å². The van der Waals surface area contributed by atoms with Gasteiger partial charge in [-0.2, -0.15) is 4.31 Å². The second kappa shape index (κ2) is 11.4. The van der Waals surface area contributed by atoms with E-state index in [1.165, 1.54) is 20.2 Å². The number of ether oxygens (including phenoxy) is 2. The van der Waals surface area contributed by atoms with Gasteiger partial charge < -0.3 is 19.9 Å². The number of anilines is 1. The third-order valence-corrected chi connectivity index (χ3v) is 11.0. The summed E-state index contributed by atoms with van der Waals surface area (Å²) in [6.45, 7) is 1.63. The third-order valence-electron chi connectivity index (χ3n) is 8.58. The molecule has 2 unspecified atom stereocenters. The summed E-state index contributed by atoms with van der Waals surface area (Å²) in [5, 5.41) is 13.6. The molecule has 3 aromatic carbocycles. The molecule has 2 aliphatic rings. The third kappa shape index (κ3) is 5.13. The Morgan fingerprint density at radius 3 is 2.44 bits per heavy atom. The van der Waals surface area contributed by atoms with E-state index in [1.807, 2.05) is 22.6 Å². The molecule has 2 N–H and O–H groups in total. The number of hydrogen-bond donors (Lipinski definition) is 2. The van der Waals surface area contributed by atoms with Crippen LogP contribution in [0.25, 0.3) is 0 Å². The molecular weight excluding hydrogens is 730 g/mol. The molecule has 1 fully saturated rings. The summed E-state index contributed by atoms with van der Waals surface area (Å²) < 4.78 is 79.4. The molecule has 1 saturated heterocycles. The maximum Gasteiger partial charge on any atom is 0.573 e. The maximum atomic E-state index is 15.3. The SMILES string of the molecule is CNC(=O)[C@@H]1C[C@@H](O)C[N+]1(C)C1(c2ccccc2C)C(=O)N(S(=O)(=O)c2ccc(OC)cc2OC(F)(F)F)c2ccc(I)cc21. The molecule has 10 nitrogen and oxygen atoms in total. The number of carbonyl (C=O) groups excluding carboxylic acids is 2. The lowest BCUT2D eigenvalue weighted by Gasteiger charge is -2.49. The highest BCUT2D eigenvalue weighted by Crippen LogP contribution is 2.57. The number of aliphatic hydroxyl groups excluding tert-OH is 1. The Balaban J connectivity index is 1.87. The number of rotatable bonds is 7. The normalized spacial score (nSPS) is 24.8. The minimum absolute atomic E-state index is 0.0227. The van der Waals surface area contributed by atoms with Gasteiger partial charge in [-0.1, -0.05) is 24.3 Å². The number of methoxy groups -OCH3 is 1. The van der Waals surface area contributed by atoms with E-state index in [0.29, 0.717) is 19.0 Å². The van der Waals surface area contributed by atoms with Gasteiger partial charge in [-0.15, -0.1) is 13.2 Å². The van der Waals surface area contributed by atoms with Crippen LogP contribution in [0.3, 0.4) is 0 Å². The number of halogens is 4. The zero-order valence-corrected chi connectivity index (χ0v) is 27.5. The number of aliphatic hydroxyl groups is 1. The van der Waals surface area contributed by atoms with Gasteiger partial charge in [0.2, 0.25) is 5.54 Å². The highest BCUT2D eigenvalue weighted by Gasteiger charge is 2.71. The number of likely N-dealkylation sites (N-methyl/N-ethyl adjacent to an activating group) is 2. The summed E-state index contributed by atoms with van der Waals surface area (Å²) in [4.78, 5) is 27.7. The van der Waals surface area contributed by atoms with Gasteiger partial charge >= 0.3 is 12.3 Å². The minimum Gasteiger partial charge on any atom is -0.497 e. The fraction of sp³-hybridized carbons (Fsp3) is 0.333. The number of carbonyl (C=O) groups is 2. The predicted octanol–water partition coefficient (Wildman–Crippen LogP) is 3.81. The topological polar surface area (TPSA) is 122 Å². The van der Waals surface area contributed by atoms with Crippen LogP contribution in [0.1, 0.15) is 23.1 Å². The lowest BCUT2D eigenvalue weighted by atomic mass is 9.77. The Hall–Kier alpha value is -3.41. The summed E-state index contributed by atoms with van der Waals surface area (Å²) in [6.07, 6.45) is -6.32. The van der Waals surface area contributed by atoms with Gasteiger partial charge in [-0.25, -0.2) is 8.42 Å². The van der Waals surface area contributed by atoms with E-state index in [-0.39, 0.29) is 30.0 Å². The smallest absolute Gasteiger partial charge is 0.497 e. The van der Waals surface area contributed by atoms with Crippen LogP contribution in [0.2, 0.25) is 0 Å². The molecule has 2 amide bonds. The Morgan fingerprint density at radius 2 is 1.82 bits per heavy atom. The minimum atomic E-state index is -5.27. The number of aryl methyl sites for hydroxylation is 1. The van der Waals surface area contributed by atoms with Gasteiger partial charge in [0, 0.05) is 28.7 Å². The zero-order chi connectivity index (χ0) is 33.1. The molecule has 0 saturated carbocycles. The highest BCUT2D eigenvalue weighted by molar-refractivity contribution is 14.1. The van der Waals surface area contributed by atoms with Crippen molar-refractivity contribution in [3.63, 3.8) is 0 Å². The molecule has 3 aromatic rings. The molecule has 2 aliphatic heterocycles. The van der Waals surface area contributed by atoms with Crippen molar-refractivity contribution in [2.45, 2.75) is 42.3 Å². The van der Waals surface area contributed by atoms with Gasteiger partial charge in [-0.05, 0) is 65.4 Å². The number of fused-ring (bicyclic) bond motifs is 1. The number of sulfonamides is 1. The van der Waals surface area contributed by atoms with Crippen molar-refractivity contribution >= 4 is 50.1 Å². The van der Waals surface area contributed by atoms with Crippen LogP contribution in [-0.2, 0) is 25.2 Å². The van der Waals surface area contributed by atoms with Crippen molar-refractivity contribution in [1.29, 1.82) is 0 Å². The van der Waals surface area contributed by atoms with Crippen LogP contribution < -0.4 is 19.1 Å². The molecule has 45 heavy (non-hydrogen) atoms. The summed E-state index contributed by atoms with van der Waals surface area (Å²) in [5.74, 6) is -2.69. The molecule has 0 bridgehead atoms. The number of nitrogens with zero attached hydrogens (tertiary/aromatic N) is 2. The number of amides is 2. The van der Waals surface area contributed by atoms with Crippen LogP contribution in [0.4, 0.5) is 18.9 Å². The van der Waals surface area contributed by atoms with E-state index in [2.05, 4.69) is 10.1 Å². The standard InChI is InChI=1S/C30H29F3IN3O7S/c1-17-7-5-6-8-21(17)29(37(3)16-19(38)14-24(37)27(39)35-2)22-13-18(34)9-11-23(22)36(28(29)40)45(41,42)26-12-10-20(43-4)15-25(26)44-30(31,32)33/h5-13,15,19,24,38H,14,16H2,1-4H3/p+1/t19-,24+,29?,37?/m1/s1. The average molecular weight is 761 g/mol. The Bertz CT molecular complexity index is 1810. The van der Waals surface area contributed by atoms with E-state index >= 15 is 4.79 Å². The van der Waals surface area contributed by atoms with Crippen molar-refractivity contribution in [3.8, 4) is 11.5 Å². The second-order valence-electron chi connectivity index (χ2n) is 11.1. The first kappa shape index (κ1) is 33.0. The molecule has 2 heterocycles. The predicted molar refractivity (Wildman–Crippen MR) is 165 cm³/mol. The number of likely N-dealkylation sites (tertiary alicyclic amines) is 1. The van der Waals surface area contributed by atoms with E-state index in [0.717, 1.165) is 18.2 Å². The summed E-state index contributed by atoms with van der Waals surface area (Å²) in [6, 6.07) is 13.2. The molecule has 0 radical (unpaired) electrons. The fourth-order valence-electron chi connectivity index (χ4n) is 6.76. The van der Waals surface area contributed by atoms with Crippen LogP contribution in [0.15, 0.2) is 65.6 Å². The first-order valence-corrected chi connectivity index (χ1v) is 16.2. The second-order valence-corrected chi connectivity index (χ2v) is 14.1. The van der Waals surface area contributed by atoms with Crippen LogP contribution in [-0.4, -0.2) is 76.1 Å².